The Bertz CT molecular complexity index is 1460. The number of aryl methyl sites for hydroxylation is 1. The molecule has 0 aliphatic rings. The summed E-state index contributed by atoms with van der Waals surface area (Å²) in [5.74, 6) is -1.39. The molecular formula is C22H14F7N5O2. The second kappa shape index (κ2) is 9.09. The van der Waals surface area contributed by atoms with Gasteiger partial charge in [-0.05, 0) is 42.5 Å². The Balaban J connectivity index is 1.52. The van der Waals surface area contributed by atoms with Crippen LogP contribution in [0, 0.1) is 5.82 Å². The summed E-state index contributed by atoms with van der Waals surface area (Å²) in [6, 6.07) is 5.97. The van der Waals surface area contributed by atoms with Crippen molar-refractivity contribution in [2.45, 2.75) is 25.3 Å². The lowest BCUT2D eigenvalue weighted by Crippen LogP contribution is -2.24. The van der Waals surface area contributed by atoms with Crippen LogP contribution in [0.25, 0.3) is 16.7 Å². The topological polar surface area (TPSA) is 81.8 Å². The SMILES string of the molecule is O=C(CCn1cnc2c(cnn2-c2ccc(F)cc2)c1=O)Nc1cc(C(F)(F)F)cc(C(F)(F)F)c1. The third-order valence-electron chi connectivity index (χ3n) is 5.08. The van der Waals surface area contributed by atoms with Crippen molar-refractivity contribution in [3.63, 3.8) is 0 Å². The zero-order chi connectivity index (χ0) is 26.3. The number of benzene rings is 2. The summed E-state index contributed by atoms with van der Waals surface area (Å²) >= 11 is 0. The Kier molecular flexibility index (Phi) is 6.28. The number of halogens is 7. The molecule has 0 radical (unpaired) electrons. The van der Waals surface area contributed by atoms with E-state index in [1.807, 2.05) is 5.32 Å². The van der Waals surface area contributed by atoms with Crippen molar-refractivity contribution >= 4 is 22.6 Å². The number of amides is 1. The van der Waals surface area contributed by atoms with Crippen LogP contribution in [0.4, 0.5) is 36.4 Å². The lowest BCUT2D eigenvalue weighted by atomic mass is 10.1. The molecular weight excluding hydrogens is 499 g/mol. The van der Waals surface area contributed by atoms with E-state index in [0.29, 0.717) is 17.8 Å². The summed E-state index contributed by atoms with van der Waals surface area (Å²) in [6.45, 7) is -0.263. The number of nitrogens with one attached hydrogen (secondary N) is 1. The van der Waals surface area contributed by atoms with E-state index in [1.54, 1.807) is 0 Å². The van der Waals surface area contributed by atoms with Crippen molar-refractivity contribution in [3.05, 3.63) is 82.3 Å². The standard InChI is InChI=1S/C22H14F7N5O2/c23-14-1-3-16(4-2-14)34-19-17(10-31-34)20(36)33(11-30-19)6-5-18(35)32-15-8-12(21(24,25)26)7-13(9-15)22(27,28)29/h1-4,7-11H,5-6H2,(H,32,35). The molecule has 1 N–H and O–H groups in total. The first kappa shape index (κ1) is 24.9. The first-order valence-corrected chi connectivity index (χ1v) is 10.1. The van der Waals surface area contributed by atoms with Gasteiger partial charge in [-0.3, -0.25) is 14.2 Å². The molecule has 36 heavy (non-hydrogen) atoms. The molecule has 0 saturated heterocycles. The summed E-state index contributed by atoms with van der Waals surface area (Å²) in [4.78, 5) is 29.1. The third kappa shape index (κ3) is 5.21. The number of anilines is 1. The molecule has 2 aromatic carbocycles. The quantitative estimate of drug-likeness (QED) is 0.390. The van der Waals surface area contributed by atoms with Gasteiger partial charge < -0.3 is 5.32 Å². The third-order valence-corrected chi connectivity index (χ3v) is 5.08. The molecule has 0 aliphatic carbocycles. The minimum atomic E-state index is -5.06. The van der Waals surface area contributed by atoms with Crippen LogP contribution >= 0.6 is 0 Å². The summed E-state index contributed by atoms with van der Waals surface area (Å²) in [7, 11) is 0. The van der Waals surface area contributed by atoms with Crippen LogP contribution < -0.4 is 10.9 Å². The minimum Gasteiger partial charge on any atom is -0.326 e. The van der Waals surface area contributed by atoms with Gasteiger partial charge in [0.1, 0.15) is 11.2 Å². The monoisotopic (exact) mass is 513 g/mol. The van der Waals surface area contributed by atoms with Gasteiger partial charge in [0, 0.05) is 18.7 Å². The van der Waals surface area contributed by atoms with Gasteiger partial charge in [-0.25, -0.2) is 14.1 Å². The van der Waals surface area contributed by atoms with E-state index < -0.39 is 52.9 Å². The summed E-state index contributed by atoms with van der Waals surface area (Å²) in [6.07, 6.45) is -8.23. The van der Waals surface area contributed by atoms with Gasteiger partial charge in [0.25, 0.3) is 5.56 Å². The maximum Gasteiger partial charge on any atom is 0.416 e. The van der Waals surface area contributed by atoms with E-state index in [-0.39, 0.29) is 23.6 Å². The lowest BCUT2D eigenvalue weighted by molar-refractivity contribution is -0.143. The van der Waals surface area contributed by atoms with Crippen molar-refractivity contribution in [2.24, 2.45) is 0 Å². The van der Waals surface area contributed by atoms with E-state index in [1.165, 1.54) is 35.1 Å². The predicted molar refractivity (Wildman–Crippen MR) is 113 cm³/mol. The van der Waals surface area contributed by atoms with Crippen LogP contribution in [-0.4, -0.2) is 25.2 Å². The first-order chi connectivity index (χ1) is 16.8. The van der Waals surface area contributed by atoms with Crippen LogP contribution in [0.15, 0.2) is 59.8 Å². The zero-order valence-electron chi connectivity index (χ0n) is 17.9. The van der Waals surface area contributed by atoms with E-state index in [0.717, 1.165) is 10.9 Å². The average Bonchev–Trinajstić information content (AvgIpc) is 3.23. The molecule has 7 nitrogen and oxygen atoms in total. The molecule has 0 unspecified atom stereocenters. The van der Waals surface area contributed by atoms with Gasteiger partial charge in [0.05, 0.1) is 29.3 Å². The maximum atomic E-state index is 13.2. The Morgan fingerprint density at radius 1 is 0.944 bits per heavy atom. The van der Waals surface area contributed by atoms with Crippen LogP contribution in [0.5, 0.6) is 0 Å². The molecule has 188 valence electrons. The number of carbonyl (C=O) groups excluding carboxylic acids is 1. The Labute approximate surface area is 196 Å². The molecule has 4 rings (SSSR count). The molecule has 4 aromatic rings. The summed E-state index contributed by atoms with van der Waals surface area (Å²) in [5.41, 5.74) is -3.82. The highest BCUT2D eigenvalue weighted by molar-refractivity contribution is 5.91. The van der Waals surface area contributed by atoms with Gasteiger partial charge >= 0.3 is 12.4 Å². The van der Waals surface area contributed by atoms with Crippen molar-refractivity contribution in [3.8, 4) is 5.69 Å². The molecule has 0 saturated carbocycles. The van der Waals surface area contributed by atoms with Crippen LogP contribution in [-0.2, 0) is 23.7 Å². The largest absolute Gasteiger partial charge is 0.416 e. The number of aromatic nitrogens is 4. The highest BCUT2D eigenvalue weighted by atomic mass is 19.4. The van der Waals surface area contributed by atoms with Crippen molar-refractivity contribution in [1.82, 2.24) is 19.3 Å². The maximum absolute atomic E-state index is 13.2. The molecule has 0 bridgehead atoms. The Hall–Kier alpha value is -4.23. The molecule has 14 heteroatoms. The van der Waals surface area contributed by atoms with Gasteiger partial charge in [0.15, 0.2) is 5.65 Å². The minimum absolute atomic E-state index is 0.0534. The van der Waals surface area contributed by atoms with Crippen LogP contribution in [0.3, 0.4) is 0 Å². The fourth-order valence-electron chi connectivity index (χ4n) is 3.35. The Morgan fingerprint density at radius 3 is 2.14 bits per heavy atom. The lowest BCUT2D eigenvalue weighted by Gasteiger charge is -2.15. The summed E-state index contributed by atoms with van der Waals surface area (Å²) in [5, 5.41) is 6.14. The van der Waals surface area contributed by atoms with E-state index in [9.17, 15) is 40.3 Å². The number of carbonyl (C=O) groups is 1. The highest BCUT2D eigenvalue weighted by Gasteiger charge is 2.37. The number of fused-ring (bicyclic) bond motifs is 1. The van der Waals surface area contributed by atoms with Crippen molar-refractivity contribution < 1.29 is 35.5 Å². The molecule has 0 spiro atoms. The molecule has 2 aromatic heterocycles. The Morgan fingerprint density at radius 2 is 1.56 bits per heavy atom. The fraction of sp³-hybridized carbons (Fsp3) is 0.182. The second-order valence-electron chi connectivity index (χ2n) is 7.61. The van der Waals surface area contributed by atoms with Crippen molar-refractivity contribution in [2.75, 3.05) is 5.32 Å². The van der Waals surface area contributed by atoms with Gasteiger partial charge in [0.2, 0.25) is 5.91 Å². The number of alkyl halides is 6. The summed E-state index contributed by atoms with van der Waals surface area (Å²) < 4.78 is 93.5. The van der Waals surface area contributed by atoms with Gasteiger partial charge in [-0.1, -0.05) is 0 Å². The van der Waals surface area contributed by atoms with E-state index in [4.69, 9.17) is 0 Å². The molecule has 0 atom stereocenters. The number of hydrogen-bond acceptors (Lipinski definition) is 4. The van der Waals surface area contributed by atoms with Gasteiger partial charge in [-0.15, -0.1) is 0 Å². The molecule has 1 amide bonds. The van der Waals surface area contributed by atoms with Crippen LogP contribution in [0.2, 0.25) is 0 Å². The highest BCUT2D eigenvalue weighted by Crippen LogP contribution is 2.37. The zero-order valence-corrected chi connectivity index (χ0v) is 17.9. The number of nitrogens with zero attached hydrogens (tertiary/aromatic N) is 4. The number of rotatable bonds is 5. The second-order valence-corrected chi connectivity index (χ2v) is 7.61. The van der Waals surface area contributed by atoms with Crippen LogP contribution in [0.1, 0.15) is 17.5 Å². The number of hydrogen-bond donors (Lipinski definition) is 1. The average molecular weight is 513 g/mol. The fourth-order valence-corrected chi connectivity index (χ4v) is 3.35. The predicted octanol–water partition coefficient (Wildman–Crippen LogP) is 4.79. The van der Waals surface area contributed by atoms with Gasteiger partial charge in [-0.2, -0.15) is 31.4 Å². The van der Waals surface area contributed by atoms with E-state index >= 15 is 0 Å². The normalized spacial score (nSPS) is 12.2. The molecule has 0 fully saturated rings. The molecule has 2 heterocycles. The molecule has 0 aliphatic heterocycles. The van der Waals surface area contributed by atoms with Crippen molar-refractivity contribution in [1.29, 1.82) is 0 Å². The first-order valence-electron chi connectivity index (χ1n) is 10.1. The smallest absolute Gasteiger partial charge is 0.326 e. The van der Waals surface area contributed by atoms with E-state index in [2.05, 4.69) is 10.1 Å².